The smallest absolute Gasteiger partial charge is 0.129 e. The monoisotopic (exact) mass is 325 g/mol. The highest BCUT2D eigenvalue weighted by Gasteiger charge is 2.18. The van der Waals surface area contributed by atoms with Gasteiger partial charge in [0.05, 0.1) is 6.04 Å². The fourth-order valence-electron chi connectivity index (χ4n) is 2.14. The number of hydrogen-bond donors (Lipinski definition) is 1. The number of aryl methyl sites for hydroxylation is 1. The molecule has 0 aliphatic heterocycles. The molecule has 4 heteroatoms. The minimum atomic E-state index is -0.371. The van der Waals surface area contributed by atoms with E-state index >= 15 is 0 Å². The van der Waals surface area contributed by atoms with Crippen LogP contribution in [0.4, 0.5) is 8.78 Å². The van der Waals surface area contributed by atoms with E-state index in [1.54, 1.807) is 25.2 Å². The van der Waals surface area contributed by atoms with Crippen molar-refractivity contribution in [2.45, 2.75) is 13.0 Å². The third-order valence-corrected chi connectivity index (χ3v) is 3.61. The molecule has 1 N–H and O–H groups in total. The minimum absolute atomic E-state index is 0.321. The molecule has 1 nitrogen and oxygen atoms in total. The predicted molar refractivity (Wildman–Crippen MR) is 76.1 cm³/mol. The van der Waals surface area contributed by atoms with Crippen molar-refractivity contribution in [3.63, 3.8) is 0 Å². The Morgan fingerprint density at radius 3 is 2.42 bits per heavy atom. The van der Waals surface area contributed by atoms with Crippen molar-refractivity contribution >= 4 is 15.9 Å². The summed E-state index contributed by atoms with van der Waals surface area (Å²) in [5, 5.41) is 3.04. The second-order valence-electron chi connectivity index (χ2n) is 4.39. The van der Waals surface area contributed by atoms with Gasteiger partial charge in [0.15, 0.2) is 0 Å². The van der Waals surface area contributed by atoms with Crippen LogP contribution in [0.25, 0.3) is 0 Å². The van der Waals surface area contributed by atoms with Crippen molar-refractivity contribution in [3.8, 4) is 0 Å². The van der Waals surface area contributed by atoms with E-state index in [2.05, 4.69) is 21.2 Å². The Balaban J connectivity index is 2.52. The van der Waals surface area contributed by atoms with Gasteiger partial charge in [-0.3, -0.25) is 0 Å². The molecule has 0 fully saturated rings. The van der Waals surface area contributed by atoms with Crippen molar-refractivity contribution < 1.29 is 8.78 Å². The Morgan fingerprint density at radius 1 is 1.05 bits per heavy atom. The number of nitrogens with one attached hydrogen (secondary N) is 1. The maximum Gasteiger partial charge on any atom is 0.129 e. The molecule has 2 aromatic carbocycles. The maximum absolute atomic E-state index is 14.0. The molecule has 100 valence electrons. The summed E-state index contributed by atoms with van der Waals surface area (Å²) in [5.41, 5.74) is 2.16. The SMILES string of the molecule is CNC(c1cc(F)ccc1C)c1ccc(Br)cc1F. The summed E-state index contributed by atoms with van der Waals surface area (Å²) < 4.78 is 28.1. The third-order valence-electron chi connectivity index (χ3n) is 3.11. The van der Waals surface area contributed by atoms with Crippen LogP contribution >= 0.6 is 15.9 Å². The van der Waals surface area contributed by atoms with Crippen molar-refractivity contribution in [2.24, 2.45) is 0 Å². The highest BCUT2D eigenvalue weighted by Crippen LogP contribution is 2.28. The minimum Gasteiger partial charge on any atom is -0.309 e. The summed E-state index contributed by atoms with van der Waals surface area (Å²) in [6.45, 7) is 1.88. The molecule has 0 saturated carbocycles. The first kappa shape index (κ1) is 14.2. The quantitative estimate of drug-likeness (QED) is 0.884. The average Bonchev–Trinajstić information content (AvgIpc) is 2.36. The van der Waals surface area contributed by atoms with Crippen LogP contribution in [-0.2, 0) is 0 Å². The first-order valence-electron chi connectivity index (χ1n) is 5.91. The number of rotatable bonds is 3. The molecular formula is C15H14BrF2N. The molecule has 1 unspecified atom stereocenters. The molecule has 0 aliphatic carbocycles. The van der Waals surface area contributed by atoms with Crippen LogP contribution in [-0.4, -0.2) is 7.05 Å². The van der Waals surface area contributed by atoms with E-state index in [-0.39, 0.29) is 17.7 Å². The zero-order chi connectivity index (χ0) is 14.0. The van der Waals surface area contributed by atoms with E-state index in [9.17, 15) is 8.78 Å². The lowest BCUT2D eigenvalue weighted by molar-refractivity contribution is 0.569. The van der Waals surface area contributed by atoms with E-state index in [4.69, 9.17) is 0 Å². The summed E-state index contributed by atoms with van der Waals surface area (Å²) in [7, 11) is 1.73. The molecule has 0 aromatic heterocycles. The summed E-state index contributed by atoms with van der Waals surface area (Å²) in [6, 6.07) is 9.06. The Labute approximate surface area is 119 Å². The zero-order valence-electron chi connectivity index (χ0n) is 10.7. The summed E-state index contributed by atoms with van der Waals surface area (Å²) in [5.74, 6) is -0.643. The van der Waals surface area contributed by atoms with Crippen LogP contribution in [0.3, 0.4) is 0 Å². The van der Waals surface area contributed by atoms with Crippen LogP contribution in [0, 0.1) is 18.6 Å². The van der Waals surface area contributed by atoms with Crippen LogP contribution < -0.4 is 5.32 Å². The van der Waals surface area contributed by atoms with Crippen molar-refractivity contribution in [1.29, 1.82) is 0 Å². The largest absolute Gasteiger partial charge is 0.309 e. The summed E-state index contributed by atoms with van der Waals surface area (Å²) in [4.78, 5) is 0. The van der Waals surface area contributed by atoms with Gasteiger partial charge in [0.1, 0.15) is 11.6 Å². The van der Waals surface area contributed by atoms with E-state index in [1.165, 1.54) is 18.2 Å². The second-order valence-corrected chi connectivity index (χ2v) is 5.30. The molecule has 0 heterocycles. The van der Waals surface area contributed by atoms with E-state index in [0.717, 1.165) is 11.1 Å². The van der Waals surface area contributed by atoms with E-state index in [0.29, 0.717) is 10.0 Å². The van der Waals surface area contributed by atoms with Gasteiger partial charge >= 0.3 is 0 Å². The first-order chi connectivity index (χ1) is 9.02. The lowest BCUT2D eigenvalue weighted by atomic mass is 9.94. The molecule has 0 radical (unpaired) electrons. The maximum atomic E-state index is 14.0. The van der Waals surface area contributed by atoms with Gasteiger partial charge in [-0.05, 0) is 49.4 Å². The molecule has 2 rings (SSSR count). The van der Waals surface area contributed by atoms with Crippen molar-refractivity contribution in [2.75, 3.05) is 7.05 Å². The molecule has 0 spiro atoms. The van der Waals surface area contributed by atoms with Gasteiger partial charge in [0.25, 0.3) is 0 Å². The topological polar surface area (TPSA) is 12.0 Å². The molecule has 2 aromatic rings. The average molecular weight is 326 g/mol. The lowest BCUT2D eigenvalue weighted by Crippen LogP contribution is -2.20. The molecule has 0 aliphatic rings. The molecule has 0 saturated heterocycles. The van der Waals surface area contributed by atoms with Crippen LogP contribution in [0.5, 0.6) is 0 Å². The zero-order valence-corrected chi connectivity index (χ0v) is 12.3. The van der Waals surface area contributed by atoms with E-state index < -0.39 is 0 Å². The Kier molecular flexibility index (Phi) is 4.32. The molecule has 0 amide bonds. The van der Waals surface area contributed by atoms with Crippen LogP contribution in [0.1, 0.15) is 22.7 Å². The third kappa shape index (κ3) is 3.01. The highest BCUT2D eigenvalue weighted by atomic mass is 79.9. The van der Waals surface area contributed by atoms with Gasteiger partial charge in [0, 0.05) is 10.0 Å². The predicted octanol–water partition coefficient (Wildman–Crippen LogP) is 4.34. The van der Waals surface area contributed by atoms with Crippen LogP contribution in [0.2, 0.25) is 0 Å². The van der Waals surface area contributed by atoms with Gasteiger partial charge in [-0.15, -0.1) is 0 Å². The Hall–Kier alpha value is -1.26. The second kappa shape index (κ2) is 5.80. The van der Waals surface area contributed by atoms with Gasteiger partial charge in [-0.1, -0.05) is 28.1 Å². The van der Waals surface area contributed by atoms with Gasteiger partial charge < -0.3 is 5.32 Å². The number of halogens is 3. The summed E-state index contributed by atoms with van der Waals surface area (Å²) in [6.07, 6.45) is 0. The van der Waals surface area contributed by atoms with Gasteiger partial charge in [-0.2, -0.15) is 0 Å². The lowest BCUT2D eigenvalue weighted by Gasteiger charge is -2.20. The standard InChI is InChI=1S/C15H14BrF2N/c1-9-3-5-11(17)8-13(9)15(19-2)12-6-4-10(16)7-14(12)18/h3-8,15,19H,1-2H3. The first-order valence-corrected chi connectivity index (χ1v) is 6.70. The fraction of sp³-hybridized carbons (Fsp3) is 0.200. The Bertz CT molecular complexity index is 599. The van der Waals surface area contributed by atoms with Crippen LogP contribution in [0.15, 0.2) is 40.9 Å². The van der Waals surface area contributed by atoms with Crippen molar-refractivity contribution in [3.05, 3.63) is 69.2 Å². The van der Waals surface area contributed by atoms with Crippen molar-refractivity contribution in [1.82, 2.24) is 5.32 Å². The molecule has 1 atom stereocenters. The molecule has 19 heavy (non-hydrogen) atoms. The van der Waals surface area contributed by atoms with Gasteiger partial charge in [0.2, 0.25) is 0 Å². The summed E-state index contributed by atoms with van der Waals surface area (Å²) >= 11 is 3.23. The highest BCUT2D eigenvalue weighted by molar-refractivity contribution is 9.10. The van der Waals surface area contributed by atoms with Gasteiger partial charge in [-0.25, -0.2) is 8.78 Å². The Morgan fingerprint density at radius 2 is 1.79 bits per heavy atom. The fourth-order valence-corrected chi connectivity index (χ4v) is 2.47. The number of benzene rings is 2. The molecule has 0 bridgehead atoms. The number of hydrogen-bond acceptors (Lipinski definition) is 1. The van der Waals surface area contributed by atoms with E-state index in [1.807, 2.05) is 6.92 Å². The normalized spacial score (nSPS) is 12.5. The molecular weight excluding hydrogens is 312 g/mol.